The van der Waals surface area contributed by atoms with Crippen LogP contribution in [0.5, 0.6) is 5.75 Å². The van der Waals surface area contributed by atoms with Crippen LogP contribution in [-0.2, 0) is 20.2 Å². The summed E-state index contributed by atoms with van der Waals surface area (Å²) in [6, 6.07) is 7.85. The molecule has 2 heterocycles. The standard InChI is InChI=1S/C15H15ClN4OS/c1-20-9-11(6-19-20)10-21-14-5-3-2-4-13(14)17-7-12-8-18-15(16)22-12/h2-6,8-9,17H,7,10H2,1H3. The smallest absolute Gasteiger partial charge is 0.183 e. The monoisotopic (exact) mass is 334 g/mol. The van der Waals surface area contributed by atoms with Crippen molar-refractivity contribution >= 4 is 28.6 Å². The van der Waals surface area contributed by atoms with E-state index >= 15 is 0 Å². The molecule has 0 aliphatic carbocycles. The largest absolute Gasteiger partial charge is 0.487 e. The summed E-state index contributed by atoms with van der Waals surface area (Å²) < 4.78 is 8.19. The first kappa shape index (κ1) is 14.9. The van der Waals surface area contributed by atoms with Gasteiger partial charge in [0.25, 0.3) is 0 Å². The number of nitrogens with zero attached hydrogens (tertiary/aromatic N) is 3. The zero-order valence-corrected chi connectivity index (χ0v) is 13.6. The van der Waals surface area contributed by atoms with Gasteiger partial charge in [-0.3, -0.25) is 4.68 Å². The molecule has 5 nitrogen and oxygen atoms in total. The van der Waals surface area contributed by atoms with E-state index < -0.39 is 0 Å². The summed E-state index contributed by atoms with van der Waals surface area (Å²) in [6.07, 6.45) is 5.52. The summed E-state index contributed by atoms with van der Waals surface area (Å²) in [7, 11) is 1.89. The van der Waals surface area contributed by atoms with Crippen LogP contribution >= 0.6 is 22.9 Å². The van der Waals surface area contributed by atoms with Crippen molar-refractivity contribution in [1.29, 1.82) is 0 Å². The molecule has 1 aromatic carbocycles. The second kappa shape index (κ2) is 6.81. The Kier molecular flexibility index (Phi) is 4.60. The van der Waals surface area contributed by atoms with Crippen LogP contribution in [0.3, 0.4) is 0 Å². The topological polar surface area (TPSA) is 52.0 Å². The molecule has 0 saturated carbocycles. The Hall–Kier alpha value is -2.05. The molecule has 0 spiro atoms. The van der Waals surface area contributed by atoms with Crippen LogP contribution in [0, 0.1) is 0 Å². The fraction of sp³-hybridized carbons (Fsp3) is 0.200. The number of ether oxygens (including phenoxy) is 1. The minimum Gasteiger partial charge on any atom is -0.487 e. The maximum Gasteiger partial charge on any atom is 0.183 e. The second-order valence-electron chi connectivity index (χ2n) is 4.74. The number of para-hydroxylation sites is 2. The molecular formula is C15H15ClN4OS. The highest BCUT2D eigenvalue weighted by Crippen LogP contribution is 2.26. The van der Waals surface area contributed by atoms with Gasteiger partial charge in [-0.15, -0.1) is 11.3 Å². The number of hydrogen-bond acceptors (Lipinski definition) is 5. The van der Waals surface area contributed by atoms with Gasteiger partial charge in [0.1, 0.15) is 12.4 Å². The first-order valence-electron chi connectivity index (χ1n) is 6.74. The van der Waals surface area contributed by atoms with Gasteiger partial charge in [0.2, 0.25) is 0 Å². The maximum atomic E-state index is 5.88. The number of thiazole rings is 1. The van der Waals surface area contributed by atoms with E-state index in [1.165, 1.54) is 11.3 Å². The third-order valence-electron chi connectivity index (χ3n) is 3.02. The van der Waals surface area contributed by atoms with Crippen LogP contribution < -0.4 is 10.1 Å². The summed E-state index contributed by atoms with van der Waals surface area (Å²) in [5.74, 6) is 0.807. The summed E-state index contributed by atoms with van der Waals surface area (Å²) in [5, 5.41) is 7.48. The third-order valence-corrected chi connectivity index (χ3v) is 4.13. The van der Waals surface area contributed by atoms with Gasteiger partial charge >= 0.3 is 0 Å². The average molecular weight is 335 g/mol. The zero-order chi connectivity index (χ0) is 15.4. The number of rotatable bonds is 6. The molecule has 7 heteroatoms. The van der Waals surface area contributed by atoms with Crippen LogP contribution in [0.15, 0.2) is 42.9 Å². The summed E-state index contributed by atoms with van der Waals surface area (Å²) >= 11 is 7.31. The van der Waals surface area contributed by atoms with Crippen molar-refractivity contribution in [3.05, 3.63) is 57.8 Å². The molecule has 0 radical (unpaired) electrons. The zero-order valence-electron chi connectivity index (χ0n) is 12.0. The van der Waals surface area contributed by atoms with Crippen molar-refractivity contribution < 1.29 is 4.74 Å². The molecule has 114 valence electrons. The normalized spacial score (nSPS) is 10.6. The number of anilines is 1. The van der Waals surface area contributed by atoms with Gasteiger partial charge in [-0.1, -0.05) is 23.7 Å². The van der Waals surface area contributed by atoms with E-state index in [1.807, 2.05) is 37.5 Å². The van der Waals surface area contributed by atoms with E-state index in [0.717, 1.165) is 21.9 Å². The molecule has 22 heavy (non-hydrogen) atoms. The lowest BCUT2D eigenvalue weighted by atomic mass is 10.3. The van der Waals surface area contributed by atoms with E-state index in [1.54, 1.807) is 17.1 Å². The Morgan fingerprint density at radius 3 is 2.91 bits per heavy atom. The maximum absolute atomic E-state index is 5.88. The van der Waals surface area contributed by atoms with E-state index in [4.69, 9.17) is 16.3 Å². The minimum atomic E-state index is 0.485. The number of aryl methyl sites for hydroxylation is 1. The van der Waals surface area contributed by atoms with Crippen LogP contribution in [0.1, 0.15) is 10.4 Å². The molecule has 1 N–H and O–H groups in total. The quantitative estimate of drug-likeness (QED) is 0.746. The Morgan fingerprint density at radius 2 is 2.18 bits per heavy atom. The summed E-state index contributed by atoms with van der Waals surface area (Å²) in [5.41, 5.74) is 1.97. The van der Waals surface area contributed by atoms with Crippen molar-refractivity contribution in [2.45, 2.75) is 13.2 Å². The van der Waals surface area contributed by atoms with E-state index in [-0.39, 0.29) is 0 Å². The van der Waals surface area contributed by atoms with Gasteiger partial charge in [-0.05, 0) is 12.1 Å². The highest BCUT2D eigenvalue weighted by molar-refractivity contribution is 7.15. The van der Waals surface area contributed by atoms with Gasteiger partial charge in [0, 0.05) is 29.9 Å². The molecule has 0 saturated heterocycles. The second-order valence-corrected chi connectivity index (χ2v) is 6.44. The first-order chi connectivity index (χ1) is 10.7. The van der Waals surface area contributed by atoms with Crippen LogP contribution in [0.2, 0.25) is 4.47 Å². The lowest BCUT2D eigenvalue weighted by molar-refractivity contribution is 0.307. The summed E-state index contributed by atoms with van der Waals surface area (Å²) in [6.45, 7) is 1.15. The molecule has 0 atom stereocenters. The SMILES string of the molecule is Cn1cc(COc2ccccc2NCc2cnc(Cl)s2)cn1. The van der Waals surface area contributed by atoms with E-state index in [0.29, 0.717) is 17.6 Å². The Labute approximate surface area is 137 Å². The first-order valence-corrected chi connectivity index (χ1v) is 7.93. The molecule has 0 fully saturated rings. The molecule has 0 amide bonds. The lowest BCUT2D eigenvalue weighted by Gasteiger charge is -2.12. The van der Waals surface area contributed by atoms with Crippen LogP contribution in [0.25, 0.3) is 0 Å². The number of halogens is 1. The van der Waals surface area contributed by atoms with Crippen molar-refractivity contribution in [1.82, 2.24) is 14.8 Å². The highest BCUT2D eigenvalue weighted by atomic mass is 35.5. The van der Waals surface area contributed by atoms with Crippen molar-refractivity contribution in [3.8, 4) is 5.75 Å². The number of nitrogens with one attached hydrogen (secondary N) is 1. The van der Waals surface area contributed by atoms with Crippen molar-refractivity contribution in [3.63, 3.8) is 0 Å². The van der Waals surface area contributed by atoms with Crippen molar-refractivity contribution in [2.75, 3.05) is 5.32 Å². The molecule has 3 rings (SSSR count). The van der Waals surface area contributed by atoms with Gasteiger partial charge in [0.05, 0.1) is 18.4 Å². The average Bonchev–Trinajstić information content (AvgIpc) is 3.12. The molecule has 0 aliphatic heterocycles. The number of benzene rings is 1. The van der Waals surface area contributed by atoms with Gasteiger partial charge in [-0.25, -0.2) is 4.98 Å². The Morgan fingerprint density at radius 1 is 1.32 bits per heavy atom. The van der Waals surface area contributed by atoms with Gasteiger partial charge < -0.3 is 10.1 Å². The Balaban J connectivity index is 1.64. The van der Waals surface area contributed by atoms with Crippen molar-refractivity contribution in [2.24, 2.45) is 7.05 Å². The summed E-state index contributed by atoms with van der Waals surface area (Å²) in [4.78, 5) is 5.11. The highest BCUT2D eigenvalue weighted by Gasteiger charge is 2.05. The molecule has 0 unspecified atom stereocenters. The predicted molar refractivity (Wildman–Crippen MR) is 88.4 cm³/mol. The number of aromatic nitrogens is 3. The number of hydrogen-bond donors (Lipinski definition) is 1. The lowest BCUT2D eigenvalue weighted by Crippen LogP contribution is -2.02. The molecule has 3 aromatic rings. The fourth-order valence-corrected chi connectivity index (χ4v) is 2.91. The van der Waals surface area contributed by atoms with Crippen LogP contribution in [-0.4, -0.2) is 14.8 Å². The fourth-order valence-electron chi connectivity index (χ4n) is 1.99. The van der Waals surface area contributed by atoms with E-state index in [2.05, 4.69) is 15.4 Å². The molecule has 0 aliphatic rings. The minimum absolute atomic E-state index is 0.485. The molecule has 0 bridgehead atoms. The Bertz CT molecular complexity index is 692. The van der Waals surface area contributed by atoms with E-state index in [9.17, 15) is 0 Å². The molecule has 2 aromatic heterocycles. The van der Waals surface area contributed by atoms with Gasteiger partial charge in [0.15, 0.2) is 4.47 Å². The third kappa shape index (κ3) is 3.78. The van der Waals surface area contributed by atoms with Gasteiger partial charge in [-0.2, -0.15) is 5.10 Å². The molecular weight excluding hydrogens is 320 g/mol. The van der Waals surface area contributed by atoms with Crippen LogP contribution in [0.4, 0.5) is 5.69 Å². The predicted octanol–water partition coefficient (Wildman–Crippen LogP) is 3.72.